The lowest BCUT2D eigenvalue weighted by Crippen LogP contribution is -2.10. The summed E-state index contributed by atoms with van der Waals surface area (Å²) in [6, 6.07) is 5.61. The normalized spacial score (nSPS) is 18.5. The number of benzene rings is 1. The minimum Gasteiger partial charge on any atom is -0.497 e. The highest BCUT2D eigenvalue weighted by molar-refractivity contribution is 6.18. The van der Waals surface area contributed by atoms with Crippen molar-refractivity contribution in [2.45, 2.75) is 12.5 Å². The van der Waals surface area contributed by atoms with E-state index in [-0.39, 0.29) is 6.10 Å². The fraction of sp³-hybridized carbons (Fsp3) is 0.417. The maximum Gasteiger partial charge on any atom is 0.146 e. The molecular formula is C12H14ClNO3. The van der Waals surface area contributed by atoms with E-state index in [2.05, 4.69) is 5.16 Å². The van der Waals surface area contributed by atoms with E-state index in [1.54, 1.807) is 14.2 Å². The largest absolute Gasteiger partial charge is 0.497 e. The molecule has 0 N–H and O–H groups in total. The fourth-order valence-electron chi connectivity index (χ4n) is 1.71. The van der Waals surface area contributed by atoms with E-state index in [0.29, 0.717) is 12.3 Å². The van der Waals surface area contributed by atoms with Crippen LogP contribution in [0.3, 0.4) is 0 Å². The molecular weight excluding hydrogens is 242 g/mol. The molecule has 0 saturated heterocycles. The fourth-order valence-corrected chi connectivity index (χ4v) is 1.87. The summed E-state index contributed by atoms with van der Waals surface area (Å²) in [5, 5.41) is 4.03. The second kappa shape index (κ2) is 5.27. The van der Waals surface area contributed by atoms with Gasteiger partial charge in [-0.05, 0) is 12.1 Å². The Morgan fingerprint density at radius 1 is 1.41 bits per heavy atom. The number of nitrogens with zero attached hydrogens (tertiary/aromatic N) is 1. The maximum absolute atomic E-state index is 5.73. The van der Waals surface area contributed by atoms with Gasteiger partial charge in [0.25, 0.3) is 0 Å². The molecule has 0 spiro atoms. The third-order valence-corrected chi connectivity index (χ3v) is 2.97. The van der Waals surface area contributed by atoms with Crippen LogP contribution in [0.1, 0.15) is 12.0 Å². The Bertz CT molecular complexity index is 434. The van der Waals surface area contributed by atoms with Crippen molar-refractivity contribution >= 4 is 17.3 Å². The molecule has 0 fully saturated rings. The van der Waals surface area contributed by atoms with Crippen molar-refractivity contribution in [3.63, 3.8) is 0 Å². The van der Waals surface area contributed by atoms with Crippen LogP contribution in [0.15, 0.2) is 23.4 Å². The number of ether oxygens (including phenoxy) is 2. The second-order valence-corrected chi connectivity index (χ2v) is 4.00. The molecule has 92 valence electrons. The summed E-state index contributed by atoms with van der Waals surface area (Å²) in [5.41, 5.74) is 1.77. The van der Waals surface area contributed by atoms with Crippen LogP contribution in [-0.4, -0.2) is 31.9 Å². The van der Waals surface area contributed by atoms with Gasteiger partial charge in [0.15, 0.2) is 0 Å². The summed E-state index contributed by atoms with van der Waals surface area (Å²) in [7, 11) is 3.24. The Balaban J connectivity index is 2.27. The van der Waals surface area contributed by atoms with E-state index < -0.39 is 0 Å². The molecule has 0 saturated carbocycles. The highest BCUT2D eigenvalue weighted by Crippen LogP contribution is 2.28. The molecule has 17 heavy (non-hydrogen) atoms. The van der Waals surface area contributed by atoms with Gasteiger partial charge in [-0.1, -0.05) is 5.16 Å². The van der Waals surface area contributed by atoms with Gasteiger partial charge in [-0.2, -0.15) is 0 Å². The van der Waals surface area contributed by atoms with Crippen LogP contribution in [0.5, 0.6) is 11.5 Å². The van der Waals surface area contributed by atoms with Crippen LogP contribution < -0.4 is 9.47 Å². The number of halogens is 1. The van der Waals surface area contributed by atoms with Gasteiger partial charge in [-0.15, -0.1) is 11.6 Å². The first-order chi connectivity index (χ1) is 8.28. The van der Waals surface area contributed by atoms with Crippen molar-refractivity contribution in [2.75, 3.05) is 20.1 Å². The SMILES string of the molecule is COc1ccc(C2=NOC(CCl)C2)c(OC)c1. The van der Waals surface area contributed by atoms with Gasteiger partial charge < -0.3 is 14.3 Å². The minimum atomic E-state index is -0.0431. The lowest BCUT2D eigenvalue weighted by molar-refractivity contribution is 0.102. The number of alkyl halides is 1. The van der Waals surface area contributed by atoms with Gasteiger partial charge in [-0.3, -0.25) is 0 Å². The van der Waals surface area contributed by atoms with Gasteiger partial charge >= 0.3 is 0 Å². The number of methoxy groups -OCH3 is 2. The van der Waals surface area contributed by atoms with Gasteiger partial charge in [0, 0.05) is 18.1 Å². The number of oxime groups is 1. The molecule has 1 aliphatic heterocycles. The predicted octanol–water partition coefficient (Wildman–Crippen LogP) is 2.44. The lowest BCUT2D eigenvalue weighted by atomic mass is 10.0. The highest BCUT2D eigenvalue weighted by Gasteiger charge is 2.23. The summed E-state index contributed by atoms with van der Waals surface area (Å²) < 4.78 is 10.5. The van der Waals surface area contributed by atoms with Crippen LogP contribution >= 0.6 is 11.6 Å². The van der Waals surface area contributed by atoms with Crippen molar-refractivity contribution in [1.82, 2.24) is 0 Å². The monoisotopic (exact) mass is 255 g/mol. The zero-order chi connectivity index (χ0) is 12.3. The van der Waals surface area contributed by atoms with Crippen molar-refractivity contribution < 1.29 is 14.3 Å². The maximum atomic E-state index is 5.73. The molecule has 1 aromatic carbocycles. The van der Waals surface area contributed by atoms with Crippen molar-refractivity contribution in [3.05, 3.63) is 23.8 Å². The van der Waals surface area contributed by atoms with E-state index in [9.17, 15) is 0 Å². The predicted molar refractivity (Wildman–Crippen MR) is 66.3 cm³/mol. The van der Waals surface area contributed by atoms with Gasteiger partial charge in [0.05, 0.1) is 25.8 Å². The summed E-state index contributed by atoms with van der Waals surface area (Å²) in [6.45, 7) is 0. The Morgan fingerprint density at radius 3 is 2.82 bits per heavy atom. The summed E-state index contributed by atoms with van der Waals surface area (Å²) >= 11 is 5.73. The van der Waals surface area contributed by atoms with Crippen LogP contribution in [0.2, 0.25) is 0 Å². The Labute approximate surface area is 105 Å². The van der Waals surface area contributed by atoms with Crippen molar-refractivity contribution in [1.29, 1.82) is 0 Å². The first-order valence-corrected chi connectivity index (χ1v) is 5.83. The molecule has 1 heterocycles. The Morgan fingerprint density at radius 2 is 2.24 bits per heavy atom. The molecule has 2 rings (SSSR count). The molecule has 0 aliphatic carbocycles. The average Bonchev–Trinajstić information content (AvgIpc) is 2.86. The molecule has 1 aromatic rings. The van der Waals surface area contributed by atoms with E-state index in [0.717, 1.165) is 22.8 Å². The third-order valence-electron chi connectivity index (χ3n) is 2.62. The molecule has 1 aliphatic rings. The zero-order valence-electron chi connectivity index (χ0n) is 9.77. The van der Waals surface area contributed by atoms with Crippen LogP contribution in [0.4, 0.5) is 0 Å². The molecule has 1 atom stereocenters. The topological polar surface area (TPSA) is 40.0 Å². The molecule has 5 heteroatoms. The lowest BCUT2D eigenvalue weighted by Gasteiger charge is -2.09. The van der Waals surface area contributed by atoms with E-state index in [4.69, 9.17) is 25.9 Å². The van der Waals surface area contributed by atoms with Crippen LogP contribution in [0, 0.1) is 0 Å². The summed E-state index contributed by atoms with van der Waals surface area (Å²) in [6.07, 6.45) is 0.658. The molecule has 0 bridgehead atoms. The minimum absolute atomic E-state index is 0.0431. The molecule has 4 nitrogen and oxygen atoms in total. The van der Waals surface area contributed by atoms with Crippen LogP contribution in [-0.2, 0) is 4.84 Å². The zero-order valence-corrected chi connectivity index (χ0v) is 10.5. The molecule has 0 radical (unpaired) electrons. The molecule has 1 unspecified atom stereocenters. The molecule has 0 aromatic heterocycles. The van der Waals surface area contributed by atoms with Gasteiger partial charge in [-0.25, -0.2) is 0 Å². The first-order valence-electron chi connectivity index (χ1n) is 5.29. The number of hydrogen-bond acceptors (Lipinski definition) is 4. The number of hydrogen-bond donors (Lipinski definition) is 0. The van der Waals surface area contributed by atoms with E-state index in [1.807, 2.05) is 18.2 Å². The van der Waals surface area contributed by atoms with E-state index in [1.165, 1.54) is 0 Å². The standard InChI is InChI=1S/C12H14ClNO3/c1-15-8-3-4-10(12(6-8)16-2)11-5-9(7-13)17-14-11/h3-4,6,9H,5,7H2,1-2H3. The first kappa shape index (κ1) is 12.0. The van der Waals surface area contributed by atoms with Gasteiger partial charge in [0.2, 0.25) is 0 Å². The second-order valence-electron chi connectivity index (χ2n) is 3.69. The Kier molecular flexibility index (Phi) is 3.74. The quantitative estimate of drug-likeness (QED) is 0.776. The highest BCUT2D eigenvalue weighted by atomic mass is 35.5. The molecule has 0 amide bonds. The van der Waals surface area contributed by atoms with Gasteiger partial charge in [0.1, 0.15) is 17.6 Å². The van der Waals surface area contributed by atoms with Crippen molar-refractivity contribution in [2.24, 2.45) is 5.16 Å². The Hall–Kier alpha value is -1.42. The average molecular weight is 256 g/mol. The van der Waals surface area contributed by atoms with E-state index >= 15 is 0 Å². The van der Waals surface area contributed by atoms with Crippen LogP contribution in [0.25, 0.3) is 0 Å². The summed E-state index contributed by atoms with van der Waals surface area (Å²) in [4.78, 5) is 5.19. The smallest absolute Gasteiger partial charge is 0.146 e. The van der Waals surface area contributed by atoms with Crippen molar-refractivity contribution in [3.8, 4) is 11.5 Å². The summed E-state index contributed by atoms with van der Waals surface area (Å²) in [5.74, 6) is 1.91. The third kappa shape index (κ3) is 2.47. The number of rotatable bonds is 4.